The summed E-state index contributed by atoms with van der Waals surface area (Å²) in [6, 6.07) is 27.2. The summed E-state index contributed by atoms with van der Waals surface area (Å²) in [4.78, 5) is 16.4. The van der Waals surface area contributed by atoms with Crippen molar-refractivity contribution < 1.29 is 17.2 Å². The van der Waals surface area contributed by atoms with Crippen molar-refractivity contribution in [1.82, 2.24) is 40.3 Å². The van der Waals surface area contributed by atoms with Crippen LogP contribution in [0.3, 0.4) is 0 Å². The number of nitrogens with two attached hydrogens (primary N) is 1. The molecular formula is C35H26Cl2F2N10O2S. The molecule has 0 radical (unpaired) electrons. The van der Waals surface area contributed by atoms with Gasteiger partial charge in [0.1, 0.15) is 11.6 Å². The summed E-state index contributed by atoms with van der Waals surface area (Å²) >= 11 is 12.4. The van der Waals surface area contributed by atoms with E-state index in [0.717, 1.165) is 28.5 Å². The van der Waals surface area contributed by atoms with Crippen LogP contribution in [0, 0.1) is 11.6 Å². The number of benzene rings is 4. The number of nitrogens with one attached hydrogen (secondary N) is 3. The molecule has 0 atom stereocenters. The molecule has 262 valence electrons. The average molecular weight is 760 g/mol. The van der Waals surface area contributed by atoms with E-state index >= 15 is 0 Å². The third-order valence-corrected chi connectivity index (χ3v) is 8.76. The molecule has 0 bridgehead atoms. The Morgan fingerprint density at radius 2 is 1.17 bits per heavy atom. The fourth-order valence-electron chi connectivity index (χ4n) is 4.73. The highest BCUT2D eigenvalue weighted by molar-refractivity contribution is 7.90. The van der Waals surface area contributed by atoms with Crippen LogP contribution < -0.4 is 11.1 Å². The average Bonchev–Trinajstić information content (AvgIpc) is 3.75. The lowest BCUT2D eigenvalue weighted by Crippen LogP contribution is -2.03. The number of anilines is 3. The number of hydrogen-bond donors (Lipinski definition) is 4. The van der Waals surface area contributed by atoms with Crippen molar-refractivity contribution in [1.29, 1.82) is 0 Å². The molecule has 4 aromatic heterocycles. The number of fused-ring (bicyclic) bond motifs is 2. The lowest BCUT2D eigenvalue weighted by Gasteiger charge is -2.05. The lowest BCUT2D eigenvalue weighted by molar-refractivity contribution is 0.593. The van der Waals surface area contributed by atoms with Crippen LogP contribution in [0.25, 0.3) is 44.6 Å². The van der Waals surface area contributed by atoms with Crippen LogP contribution in [0.5, 0.6) is 0 Å². The molecular weight excluding hydrogens is 733 g/mol. The van der Waals surface area contributed by atoms with Gasteiger partial charge in [-0.05, 0) is 36.4 Å². The third kappa shape index (κ3) is 8.12. The number of aromatic amines is 2. The van der Waals surface area contributed by atoms with E-state index in [-0.39, 0.29) is 34.1 Å². The van der Waals surface area contributed by atoms with Gasteiger partial charge in [0.05, 0.1) is 33.5 Å². The van der Waals surface area contributed by atoms with Crippen LogP contribution in [0.15, 0.2) is 115 Å². The van der Waals surface area contributed by atoms with Crippen molar-refractivity contribution in [3.8, 4) is 22.5 Å². The van der Waals surface area contributed by atoms with E-state index < -0.39 is 9.84 Å². The molecule has 0 aliphatic rings. The van der Waals surface area contributed by atoms with Crippen molar-refractivity contribution in [3.63, 3.8) is 0 Å². The van der Waals surface area contributed by atoms with Crippen LogP contribution in [0.1, 0.15) is 0 Å². The SMILES string of the molecule is CS(=O)(=O)c1ncc2c(-c3ccccc3Cl)[nH]nc2n1.Fc1ccccc1Nc1ncc2c(-c3ccccc3Cl)[nH]nc2n1.Nc1ccccc1F. The minimum Gasteiger partial charge on any atom is -0.396 e. The zero-order chi connectivity index (χ0) is 36.8. The molecule has 0 aliphatic heterocycles. The molecule has 8 aromatic rings. The molecule has 0 spiro atoms. The Bertz CT molecular complexity index is 2620. The Hall–Kier alpha value is -6.03. The first-order valence-corrected chi connectivity index (χ1v) is 17.8. The monoisotopic (exact) mass is 758 g/mol. The van der Waals surface area contributed by atoms with E-state index in [1.807, 2.05) is 36.4 Å². The molecule has 0 amide bonds. The quantitative estimate of drug-likeness (QED) is 0.0991. The number of nitrogen functional groups attached to an aromatic ring is 1. The van der Waals surface area contributed by atoms with Crippen molar-refractivity contribution in [3.05, 3.63) is 131 Å². The molecule has 12 nitrogen and oxygen atoms in total. The molecule has 52 heavy (non-hydrogen) atoms. The van der Waals surface area contributed by atoms with Crippen molar-refractivity contribution in [2.45, 2.75) is 5.16 Å². The van der Waals surface area contributed by atoms with Gasteiger partial charge in [-0.3, -0.25) is 10.2 Å². The zero-order valence-electron chi connectivity index (χ0n) is 26.9. The molecule has 8 rings (SSSR count). The second-order valence-corrected chi connectivity index (χ2v) is 13.6. The first-order valence-electron chi connectivity index (χ1n) is 15.1. The van der Waals surface area contributed by atoms with E-state index in [1.54, 1.807) is 48.7 Å². The van der Waals surface area contributed by atoms with E-state index in [9.17, 15) is 17.2 Å². The number of aromatic nitrogens is 8. The maximum Gasteiger partial charge on any atom is 0.248 e. The van der Waals surface area contributed by atoms with E-state index in [0.29, 0.717) is 32.5 Å². The molecule has 0 saturated carbocycles. The second kappa shape index (κ2) is 15.5. The molecule has 0 aliphatic carbocycles. The maximum absolute atomic E-state index is 13.7. The zero-order valence-corrected chi connectivity index (χ0v) is 29.2. The smallest absolute Gasteiger partial charge is 0.248 e. The Kier molecular flexibility index (Phi) is 10.6. The van der Waals surface area contributed by atoms with E-state index in [4.69, 9.17) is 28.9 Å². The number of para-hydroxylation sites is 2. The van der Waals surface area contributed by atoms with Crippen molar-refractivity contribution in [2.75, 3.05) is 17.3 Å². The van der Waals surface area contributed by atoms with Gasteiger partial charge in [-0.15, -0.1) is 0 Å². The minimum atomic E-state index is -3.46. The highest BCUT2D eigenvalue weighted by atomic mass is 35.5. The van der Waals surface area contributed by atoms with Gasteiger partial charge in [0.15, 0.2) is 11.3 Å². The first-order chi connectivity index (χ1) is 25.0. The Balaban J connectivity index is 0.000000149. The summed E-state index contributed by atoms with van der Waals surface area (Å²) in [5, 5.41) is 19.1. The molecule has 0 saturated heterocycles. The number of halogens is 4. The van der Waals surface area contributed by atoms with Crippen molar-refractivity contribution >= 4 is 72.4 Å². The largest absolute Gasteiger partial charge is 0.396 e. The molecule has 17 heteroatoms. The van der Waals surface area contributed by atoms with Crippen LogP contribution in [0.2, 0.25) is 10.0 Å². The van der Waals surface area contributed by atoms with Crippen LogP contribution in [-0.2, 0) is 9.84 Å². The predicted molar refractivity (Wildman–Crippen MR) is 198 cm³/mol. The predicted octanol–water partition coefficient (Wildman–Crippen LogP) is 8.04. The summed E-state index contributed by atoms with van der Waals surface area (Å²) < 4.78 is 48.7. The number of H-pyrrole nitrogens is 2. The van der Waals surface area contributed by atoms with E-state index in [1.165, 1.54) is 24.4 Å². The van der Waals surface area contributed by atoms with Gasteiger partial charge in [-0.25, -0.2) is 27.2 Å². The second-order valence-electron chi connectivity index (χ2n) is 10.9. The number of nitrogens with zero attached hydrogens (tertiary/aromatic N) is 6. The Morgan fingerprint density at radius 3 is 1.69 bits per heavy atom. The fraction of sp³-hybridized carbons (Fsp3) is 0.0286. The van der Waals surface area contributed by atoms with Gasteiger partial charge in [-0.2, -0.15) is 20.2 Å². The van der Waals surface area contributed by atoms with Crippen LogP contribution >= 0.6 is 23.2 Å². The van der Waals surface area contributed by atoms with Gasteiger partial charge in [-0.1, -0.05) is 83.9 Å². The minimum absolute atomic E-state index is 0.201. The van der Waals surface area contributed by atoms with Gasteiger partial charge in [0.25, 0.3) is 0 Å². The summed E-state index contributed by atoms with van der Waals surface area (Å²) in [5.74, 6) is -0.461. The Labute approximate surface area is 305 Å². The molecule has 0 unspecified atom stereocenters. The summed E-state index contributed by atoms with van der Waals surface area (Å²) in [6.45, 7) is 0. The van der Waals surface area contributed by atoms with Crippen LogP contribution in [-0.4, -0.2) is 55.0 Å². The normalized spacial score (nSPS) is 11.0. The van der Waals surface area contributed by atoms with Gasteiger partial charge < -0.3 is 11.1 Å². The number of rotatable bonds is 5. The molecule has 5 N–H and O–H groups in total. The molecule has 4 aromatic carbocycles. The standard InChI is InChI=1S/C17H11ClFN5.C12H9ClN4O2S.C6H6FN/c18-12-6-2-1-5-10(12)15-11-9-20-17(22-16(11)24-23-15)21-14-8-4-3-7-13(14)19;1-20(18,19)12-14-6-8-10(16-17-11(8)15-12)7-4-2-3-5-9(7)13;7-5-3-1-2-4-6(5)8/h1-9H,(H2,20,21,22,23,24);2-6H,1H3,(H,14,15,16,17);1-4H,8H2. The highest BCUT2D eigenvalue weighted by Crippen LogP contribution is 2.32. The van der Waals surface area contributed by atoms with Gasteiger partial charge >= 0.3 is 0 Å². The van der Waals surface area contributed by atoms with Gasteiger partial charge in [0, 0.05) is 39.8 Å². The Morgan fingerprint density at radius 1 is 0.673 bits per heavy atom. The first kappa shape index (κ1) is 35.8. The van der Waals surface area contributed by atoms with Gasteiger partial charge in [0.2, 0.25) is 20.9 Å². The summed E-state index contributed by atoms with van der Waals surface area (Å²) in [6.07, 6.45) is 4.12. The van der Waals surface area contributed by atoms with Crippen molar-refractivity contribution in [2.24, 2.45) is 0 Å². The highest BCUT2D eigenvalue weighted by Gasteiger charge is 2.17. The maximum atomic E-state index is 13.7. The van der Waals surface area contributed by atoms with Crippen LogP contribution in [0.4, 0.5) is 26.1 Å². The topological polar surface area (TPSA) is 181 Å². The third-order valence-electron chi connectivity index (χ3n) is 7.24. The summed E-state index contributed by atoms with van der Waals surface area (Å²) in [5.41, 5.74) is 9.39. The number of hydrogen-bond acceptors (Lipinski definition) is 10. The summed E-state index contributed by atoms with van der Waals surface area (Å²) in [7, 11) is -3.46. The molecule has 4 heterocycles. The number of sulfone groups is 1. The molecule has 0 fully saturated rings. The van der Waals surface area contributed by atoms with E-state index in [2.05, 4.69) is 45.6 Å². The lowest BCUT2D eigenvalue weighted by atomic mass is 10.1. The fourth-order valence-corrected chi connectivity index (χ4v) is 5.68.